The van der Waals surface area contributed by atoms with Crippen LogP contribution in [0, 0.1) is 6.92 Å². The van der Waals surface area contributed by atoms with E-state index in [1.165, 1.54) is 6.20 Å². The molecule has 4 rings (SSSR count). The normalized spacial score (nSPS) is 12.7. The Balaban J connectivity index is 1.70. The first-order valence-corrected chi connectivity index (χ1v) is 11.4. The number of nitrogens with zero attached hydrogens (tertiary/aromatic N) is 4. The maximum atomic E-state index is 6.97. The Bertz CT molecular complexity index is 1370. The molecule has 4 aromatic rings. The average molecular weight is 474 g/mol. The van der Waals surface area contributed by atoms with Gasteiger partial charge in [0.05, 0.1) is 23.3 Å². The van der Waals surface area contributed by atoms with Gasteiger partial charge in [0.15, 0.2) is 0 Å². The number of aliphatic imine (C=N–C) groups is 1. The van der Waals surface area contributed by atoms with Gasteiger partial charge in [0, 0.05) is 48.4 Å². The molecule has 6 nitrogen and oxygen atoms in total. The number of pyridine rings is 1. The number of imidazole rings is 1. The van der Waals surface area contributed by atoms with Crippen LogP contribution in [-0.2, 0) is 13.5 Å². The first-order valence-electron chi connectivity index (χ1n) is 11.1. The van der Waals surface area contributed by atoms with Crippen molar-refractivity contribution in [3.05, 3.63) is 94.2 Å². The molecule has 0 saturated carbocycles. The highest BCUT2D eigenvalue weighted by Crippen LogP contribution is 2.36. The van der Waals surface area contributed by atoms with E-state index in [1.54, 1.807) is 19.4 Å². The minimum absolute atomic E-state index is 0.166. The zero-order valence-corrected chi connectivity index (χ0v) is 20.5. The van der Waals surface area contributed by atoms with Gasteiger partial charge in [0.1, 0.15) is 5.82 Å². The van der Waals surface area contributed by atoms with Crippen LogP contribution in [0.5, 0.6) is 5.88 Å². The number of aryl methyl sites for hydroxylation is 1. The molecule has 0 aliphatic carbocycles. The maximum absolute atomic E-state index is 6.97. The second-order valence-corrected chi connectivity index (χ2v) is 8.59. The second-order valence-electron chi connectivity index (χ2n) is 8.21. The summed E-state index contributed by atoms with van der Waals surface area (Å²) < 4.78 is 7.73. The van der Waals surface area contributed by atoms with Crippen LogP contribution in [0.2, 0.25) is 5.02 Å². The minimum atomic E-state index is 0.166. The zero-order valence-electron chi connectivity index (χ0n) is 19.8. The summed E-state index contributed by atoms with van der Waals surface area (Å²) in [6, 6.07) is 14.2. The third-order valence-corrected chi connectivity index (χ3v) is 6.57. The Morgan fingerprint density at radius 1 is 1.21 bits per heavy atom. The molecular weight excluding hydrogens is 446 g/mol. The molecule has 7 heteroatoms. The average Bonchev–Trinajstić information content (AvgIpc) is 3.19. The van der Waals surface area contributed by atoms with Gasteiger partial charge in [-0.1, -0.05) is 36.7 Å². The van der Waals surface area contributed by atoms with Gasteiger partial charge in [-0.25, -0.2) is 9.97 Å². The van der Waals surface area contributed by atoms with Crippen molar-refractivity contribution < 1.29 is 4.74 Å². The molecule has 34 heavy (non-hydrogen) atoms. The predicted octanol–water partition coefficient (Wildman–Crippen LogP) is 5.86. The first-order chi connectivity index (χ1) is 16.4. The highest BCUT2D eigenvalue weighted by atomic mass is 35.5. The fourth-order valence-electron chi connectivity index (χ4n) is 4.03. The fraction of sp³-hybridized carbons (Fsp3) is 0.222. The van der Waals surface area contributed by atoms with Gasteiger partial charge >= 0.3 is 0 Å². The summed E-state index contributed by atoms with van der Waals surface area (Å²) in [7, 11) is 3.66. The van der Waals surface area contributed by atoms with Crippen LogP contribution < -0.4 is 10.5 Å². The lowest BCUT2D eigenvalue weighted by molar-refractivity contribution is 0.395. The van der Waals surface area contributed by atoms with Crippen molar-refractivity contribution in [1.82, 2.24) is 14.5 Å². The monoisotopic (exact) mass is 473 g/mol. The summed E-state index contributed by atoms with van der Waals surface area (Å²) in [6.07, 6.45) is 7.32. The number of ether oxygens (including phenoxy) is 1. The van der Waals surface area contributed by atoms with Crippen LogP contribution in [-0.4, -0.2) is 27.9 Å². The molecule has 0 amide bonds. The van der Waals surface area contributed by atoms with Crippen LogP contribution in [0.15, 0.2) is 65.9 Å². The highest BCUT2D eigenvalue weighted by Gasteiger charge is 2.18. The van der Waals surface area contributed by atoms with Gasteiger partial charge in [-0.15, -0.1) is 0 Å². The van der Waals surface area contributed by atoms with E-state index >= 15 is 0 Å². The molecule has 2 heterocycles. The molecule has 0 radical (unpaired) electrons. The Hall–Kier alpha value is -3.64. The van der Waals surface area contributed by atoms with Gasteiger partial charge in [0.2, 0.25) is 5.88 Å². The highest BCUT2D eigenvalue weighted by molar-refractivity contribution is 6.36. The van der Waals surface area contributed by atoms with Gasteiger partial charge in [-0.2, -0.15) is 0 Å². The molecule has 0 aliphatic rings. The van der Waals surface area contributed by atoms with Gasteiger partial charge < -0.3 is 15.0 Å². The number of rotatable bonds is 7. The summed E-state index contributed by atoms with van der Waals surface area (Å²) in [5.74, 6) is 1.69. The number of aromatic nitrogens is 3. The summed E-state index contributed by atoms with van der Waals surface area (Å²) in [6.45, 7) is 4.18. The molecule has 0 spiro atoms. The number of benzene rings is 2. The number of nitrogens with two attached hydrogens (primary N) is 1. The zero-order chi connectivity index (χ0) is 24.2. The molecule has 0 bridgehead atoms. The van der Waals surface area contributed by atoms with E-state index in [4.69, 9.17) is 27.1 Å². The lowest BCUT2D eigenvalue weighted by Crippen LogP contribution is -2.05. The molecule has 1 atom stereocenters. The van der Waals surface area contributed by atoms with Crippen LogP contribution >= 0.6 is 11.6 Å². The van der Waals surface area contributed by atoms with E-state index < -0.39 is 0 Å². The Kier molecular flexibility index (Phi) is 6.98. The van der Waals surface area contributed by atoms with E-state index in [2.05, 4.69) is 33.6 Å². The van der Waals surface area contributed by atoms with Crippen LogP contribution in [0.4, 0.5) is 5.69 Å². The van der Waals surface area contributed by atoms with Crippen LogP contribution in [0.25, 0.3) is 10.9 Å². The molecule has 2 N–H and O–H groups in total. The van der Waals surface area contributed by atoms with E-state index in [-0.39, 0.29) is 5.92 Å². The largest absolute Gasteiger partial charge is 0.481 e. The predicted molar refractivity (Wildman–Crippen MR) is 139 cm³/mol. The summed E-state index contributed by atoms with van der Waals surface area (Å²) in [5.41, 5.74) is 11.3. The Morgan fingerprint density at radius 3 is 2.62 bits per heavy atom. The third-order valence-electron chi connectivity index (χ3n) is 6.13. The van der Waals surface area contributed by atoms with Crippen molar-refractivity contribution in [2.75, 3.05) is 7.11 Å². The lowest BCUT2D eigenvalue weighted by Gasteiger charge is -2.16. The van der Waals surface area contributed by atoms with Crippen LogP contribution in [0.3, 0.4) is 0 Å². The number of hydrogen-bond acceptors (Lipinski definition) is 5. The molecule has 2 aromatic heterocycles. The Morgan fingerprint density at radius 2 is 1.97 bits per heavy atom. The quantitative estimate of drug-likeness (QED) is 0.341. The molecule has 0 saturated heterocycles. The maximum Gasteiger partial charge on any atom is 0.218 e. The van der Waals surface area contributed by atoms with Crippen molar-refractivity contribution in [3.8, 4) is 5.88 Å². The lowest BCUT2D eigenvalue weighted by atomic mass is 9.95. The van der Waals surface area contributed by atoms with Crippen molar-refractivity contribution >= 4 is 34.4 Å². The minimum Gasteiger partial charge on any atom is -0.481 e. The summed E-state index contributed by atoms with van der Waals surface area (Å²) in [4.78, 5) is 13.5. The van der Waals surface area contributed by atoms with Crippen molar-refractivity contribution in [2.24, 2.45) is 17.8 Å². The van der Waals surface area contributed by atoms with Crippen molar-refractivity contribution in [1.29, 1.82) is 0 Å². The molecule has 0 fully saturated rings. The van der Waals surface area contributed by atoms with Gasteiger partial charge in [0.25, 0.3) is 0 Å². The van der Waals surface area contributed by atoms with E-state index in [0.29, 0.717) is 17.3 Å². The standard InChI is InChI=1S/C27H28ClN5O/c1-17(25-16-31-18(2)33(25)3)20-8-11-24-22(15-20)26(28)23(27(32-24)34-4)14-19-6-9-21(10-7-19)30-13-5-12-29/h5-13,15-17H,14,29H2,1-4H3. The fourth-order valence-corrected chi connectivity index (χ4v) is 4.33. The third kappa shape index (κ3) is 4.68. The first kappa shape index (κ1) is 23.5. The number of halogens is 1. The number of hydrogen-bond donors (Lipinski definition) is 1. The summed E-state index contributed by atoms with van der Waals surface area (Å²) in [5, 5.41) is 1.57. The van der Waals surface area contributed by atoms with E-state index in [0.717, 1.165) is 44.8 Å². The smallest absolute Gasteiger partial charge is 0.218 e. The molecule has 174 valence electrons. The van der Waals surface area contributed by atoms with Crippen LogP contribution in [0.1, 0.15) is 41.1 Å². The van der Waals surface area contributed by atoms with Gasteiger partial charge in [-0.3, -0.25) is 4.99 Å². The summed E-state index contributed by atoms with van der Waals surface area (Å²) >= 11 is 6.97. The van der Waals surface area contributed by atoms with Crippen molar-refractivity contribution in [2.45, 2.75) is 26.2 Å². The molecular formula is C27H28ClN5O. The van der Waals surface area contributed by atoms with E-state index in [1.807, 2.05) is 50.5 Å². The number of fused-ring (bicyclic) bond motifs is 1. The van der Waals surface area contributed by atoms with Crippen molar-refractivity contribution in [3.63, 3.8) is 0 Å². The van der Waals surface area contributed by atoms with E-state index in [9.17, 15) is 0 Å². The number of allylic oxidation sites excluding steroid dienone is 1. The molecule has 0 aliphatic heterocycles. The topological polar surface area (TPSA) is 78.3 Å². The molecule has 1 unspecified atom stereocenters. The Labute approximate surface area is 204 Å². The molecule has 2 aromatic carbocycles. The second kappa shape index (κ2) is 10.1. The SMILES string of the molecule is COc1nc2ccc(C(C)c3cnc(C)n3C)cc2c(Cl)c1Cc1ccc(N=CC=CN)cc1. The van der Waals surface area contributed by atoms with Gasteiger partial charge in [-0.05, 0) is 54.6 Å². The number of methoxy groups -OCH3 is 1.